The maximum atomic E-state index is 11.9. The Morgan fingerprint density at radius 1 is 1.40 bits per heavy atom. The molecule has 0 saturated carbocycles. The highest BCUT2D eigenvalue weighted by atomic mass is 16.5. The highest BCUT2D eigenvalue weighted by Crippen LogP contribution is 2.38. The molecule has 0 unspecified atom stereocenters. The third-order valence-corrected chi connectivity index (χ3v) is 4.61. The number of rotatable bonds is 3. The van der Waals surface area contributed by atoms with Gasteiger partial charge in [-0.15, -0.1) is 0 Å². The van der Waals surface area contributed by atoms with Crippen LogP contribution in [-0.4, -0.2) is 26.2 Å². The van der Waals surface area contributed by atoms with E-state index in [4.69, 9.17) is 10.5 Å². The van der Waals surface area contributed by atoms with E-state index < -0.39 is 0 Å². The molecule has 4 nitrogen and oxygen atoms in total. The Balaban J connectivity index is 2.28. The molecule has 1 fully saturated rings. The fraction of sp³-hybridized carbons (Fsp3) is 0.562. The lowest BCUT2D eigenvalue weighted by Crippen LogP contribution is -2.39. The summed E-state index contributed by atoms with van der Waals surface area (Å²) in [7, 11) is 1.40. The van der Waals surface area contributed by atoms with Crippen molar-refractivity contribution >= 4 is 17.3 Å². The van der Waals surface area contributed by atoms with E-state index in [9.17, 15) is 4.79 Å². The number of methoxy groups -OCH3 is 1. The Morgan fingerprint density at radius 3 is 2.60 bits per heavy atom. The van der Waals surface area contributed by atoms with E-state index in [-0.39, 0.29) is 5.97 Å². The minimum atomic E-state index is -0.323. The molecule has 110 valence electrons. The van der Waals surface area contributed by atoms with Crippen LogP contribution in [0.15, 0.2) is 18.2 Å². The number of para-hydroxylation sites is 1. The van der Waals surface area contributed by atoms with Gasteiger partial charge in [-0.25, -0.2) is 4.79 Å². The number of esters is 1. The summed E-state index contributed by atoms with van der Waals surface area (Å²) in [5.41, 5.74) is 8.54. The first-order valence-corrected chi connectivity index (χ1v) is 7.22. The van der Waals surface area contributed by atoms with Crippen LogP contribution in [0, 0.1) is 5.41 Å². The Kier molecular flexibility index (Phi) is 4.21. The molecule has 4 heteroatoms. The maximum absolute atomic E-state index is 11.9. The number of carbonyl (C=O) groups excluding carboxylic acids is 1. The summed E-state index contributed by atoms with van der Waals surface area (Å²) in [6, 6.07) is 5.42. The monoisotopic (exact) mass is 276 g/mol. The zero-order chi connectivity index (χ0) is 14.8. The predicted molar refractivity (Wildman–Crippen MR) is 82.0 cm³/mol. The van der Waals surface area contributed by atoms with E-state index in [1.807, 2.05) is 6.07 Å². The van der Waals surface area contributed by atoms with Gasteiger partial charge in [0.15, 0.2) is 0 Å². The van der Waals surface area contributed by atoms with E-state index in [1.165, 1.54) is 13.5 Å². The van der Waals surface area contributed by atoms with Gasteiger partial charge in [0.1, 0.15) is 0 Å². The minimum absolute atomic E-state index is 0.323. The number of ether oxygens (including phenoxy) is 1. The lowest BCUT2D eigenvalue weighted by molar-refractivity contribution is 0.0601. The van der Waals surface area contributed by atoms with Crippen molar-refractivity contribution < 1.29 is 9.53 Å². The quantitative estimate of drug-likeness (QED) is 0.681. The predicted octanol–water partition coefficient (Wildman–Crippen LogP) is 3.07. The molecule has 1 heterocycles. The number of nitrogens with zero attached hydrogens (tertiary/aromatic N) is 1. The third-order valence-electron chi connectivity index (χ3n) is 4.61. The van der Waals surface area contributed by atoms with Crippen molar-refractivity contribution in [1.29, 1.82) is 0 Å². The smallest absolute Gasteiger partial charge is 0.340 e. The zero-order valence-corrected chi connectivity index (χ0v) is 12.6. The van der Waals surface area contributed by atoms with Crippen molar-refractivity contribution in [3.05, 3.63) is 23.8 Å². The van der Waals surface area contributed by atoms with Gasteiger partial charge in [0.2, 0.25) is 0 Å². The van der Waals surface area contributed by atoms with E-state index in [0.717, 1.165) is 31.6 Å². The first kappa shape index (κ1) is 14.7. The molecule has 2 N–H and O–H groups in total. The molecule has 20 heavy (non-hydrogen) atoms. The number of carbonyl (C=O) groups is 1. The van der Waals surface area contributed by atoms with E-state index >= 15 is 0 Å². The molecule has 1 aliphatic rings. The van der Waals surface area contributed by atoms with E-state index in [2.05, 4.69) is 18.7 Å². The number of nitrogen functional groups attached to an aromatic ring is 1. The second-order valence-electron chi connectivity index (χ2n) is 5.89. The molecule has 0 radical (unpaired) electrons. The highest BCUT2D eigenvalue weighted by molar-refractivity contribution is 5.99. The van der Waals surface area contributed by atoms with Crippen LogP contribution >= 0.6 is 0 Å². The Morgan fingerprint density at radius 2 is 2.05 bits per heavy atom. The van der Waals surface area contributed by atoms with Gasteiger partial charge in [-0.1, -0.05) is 26.3 Å². The van der Waals surface area contributed by atoms with Crippen molar-refractivity contribution in [2.75, 3.05) is 30.8 Å². The van der Waals surface area contributed by atoms with E-state index in [1.54, 1.807) is 12.1 Å². The van der Waals surface area contributed by atoms with Gasteiger partial charge in [0.05, 0.1) is 24.0 Å². The number of nitrogens with two attached hydrogens (primary N) is 1. The van der Waals surface area contributed by atoms with Crippen LogP contribution in [0.1, 0.15) is 43.5 Å². The van der Waals surface area contributed by atoms with Gasteiger partial charge in [-0.05, 0) is 30.4 Å². The molecule has 1 aromatic rings. The average molecular weight is 276 g/mol. The van der Waals surface area contributed by atoms with Gasteiger partial charge in [-0.2, -0.15) is 0 Å². The van der Waals surface area contributed by atoms with Crippen LogP contribution in [0.25, 0.3) is 0 Å². The van der Waals surface area contributed by atoms with Crippen molar-refractivity contribution in [2.45, 2.75) is 33.1 Å². The second kappa shape index (κ2) is 5.73. The molecule has 0 bridgehead atoms. The number of hydrogen-bond donors (Lipinski definition) is 1. The van der Waals surface area contributed by atoms with Crippen LogP contribution < -0.4 is 10.6 Å². The van der Waals surface area contributed by atoms with Crippen LogP contribution in [0.3, 0.4) is 0 Å². The molecule has 1 aromatic carbocycles. The third kappa shape index (κ3) is 2.74. The molecule has 0 aromatic heterocycles. The van der Waals surface area contributed by atoms with Gasteiger partial charge in [0.25, 0.3) is 0 Å². The molecule has 0 spiro atoms. The molecule has 0 amide bonds. The fourth-order valence-electron chi connectivity index (χ4n) is 2.81. The summed E-state index contributed by atoms with van der Waals surface area (Å²) in [5, 5.41) is 0. The minimum Gasteiger partial charge on any atom is -0.465 e. The summed E-state index contributed by atoms with van der Waals surface area (Å²) in [4.78, 5) is 14.1. The summed E-state index contributed by atoms with van der Waals surface area (Å²) in [6.07, 6.45) is 3.44. The van der Waals surface area contributed by atoms with Crippen LogP contribution in [0.4, 0.5) is 11.4 Å². The van der Waals surface area contributed by atoms with Crippen molar-refractivity contribution in [1.82, 2.24) is 0 Å². The first-order chi connectivity index (χ1) is 9.50. The summed E-state index contributed by atoms with van der Waals surface area (Å²) < 4.78 is 4.86. The average Bonchev–Trinajstić information content (AvgIpc) is 2.47. The van der Waals surface area contributed by atoms with Crippen LogP contribution in [0.5, 0.6) is 0 Å². The van der Waals surface area contributed by atoms with Gasteiger partial charge >= 0.3 is 5.97 Å². The van der Waals surface area contributed by atoms with E-state index in [0.29, 0.717) is 16.7 Å². The standard InChI is InChI=1S/C16H24N2O2/c1-4-16(2)8-10-18(11-9-16)14-12(15(19)20-3)6-5-7-13(14)17/h5-7H,4,8-11,17H2,1-3H3. The second-order valence-corrected chi connectivity index (χ2v) is 5.89. The van der Waals surface area contributed by atoms with Gasteiger partial charge < -0.3 is 15.4 Å². The lowest BCUT2D eigenvalue weighted by atomic mass is 9.78. The molecule has 1 aliphatic heterocycles. The molecular weight excluding hydrogens is 252 g/mol. The largest absolute Gasteiger partial charge is 0.465 e. The maximum Gasteiger partial charge on any atom is 0.340 e. The molecule has 0 atom stereocenters. The van der Waals surface area contributed by atoms with Crippen LogP contribution in [0.2, 0.25) is 0 Å². The van der Waals surface area contributed by atoms with Gasteiger partial charge in [0, 0.05) is 13.1 Å². The summed E-state index contributed by atoms with van der Waals surface area (Å²) >= 11 is 0. The van der Waals surface area contributed by atoms with Crippen LogP contribution in [-0.2, 0) is 4.74 Å². The number of piperidine rings is 1. The molecule has 2 rings (SSSR count). The van der Waals surface area contributed by atoms with Crippen molar-refractivity contribution in [2.24, 2.45) is 5.41 Å². The SMILES string of the molecule is CCC1(C)CCN(c2c(N)cccc2C(=O)OC)CC1. The zero-order valence-electron chi connectivity index (χ0n) is 12.6. The Hall–Kier alpha value is -1.71. The molecule has 0 aliphatic carbocycles. The van der Waals surface area contributed by atoms with Crippen molar-refractivity contribution in [3.63, 3.8) is 0 Å². The lowest BCUT2D eigenvalue weighted by Gasteiger charge is -2.40. The van der Waals surface area contributed by atoms with Crippen molar-refractivity contribution in [3.8, 4) is 0 Å². The number of anilines is 2. The molecule has 1 saturated heterocycles. The topological polar surface area (TPSA) is 55.6 Å². The molecular formula is C16H24N2O2. The summed E-state index contributed by atoms with van der Waals surface area (Å²) in [6.45, 7) is 6.44. The summed E-state index contributed by atoms with van der Waals surface area (Å²) in [5.74, 6) is -0.323. The Bertz CT molecular complexity index is 491. The number of benzene rings is 1. The Labute approximate surface area is 120 Å². The van der Waals surface area contributed by atoms with Gasteiger partial charge in [-0.3, -0.25) is 0 Å². The highest BCUT2D eigenvalue weighted by Gasteiger charge is 2.30. The number of hydrogen-bond acceptors (Lipinski definition) is 4. The fourth-order valence-corrected chi connectivity index (χ4v) is 2.81. The first-order valence-electron chi connectivity index (χ1n) is 7.22. The normalized spacial score (nSPS) is 17.9.